The van der Waals surface area contributed by atoms with Gasteiger partial charge in [0.1, 0.15) is 6.07 Å². The molecule has 0 amide bonds. The second-order valence-electron chi connectivity index (χ2n) is 6.73. The van der Waals surface area contributed by atoms with Gasteiger partial charge in [-0.15, -0.1) is 0 Å². The highest BCUT2D eigenvalue weighted by molar-refractivity contribution is 7.89. The highest BCUT2D eigenvalue weighted by atomic mass is 32.2. The van der Waals surface area contributed by atoms with Crippen molar-refractivity contribution in [3.8, 4) is 6.07 Å². The molecule has 9 nitrogen and oxygen atoms in total. The van der Waals surface area contributed by atoms with Crippen LogP contribution < -0.4 is 14.5 Å². The van der Waals surface area contributed by atoms with Crippen molar-refractivity contribution in [1.29, 1.82) is 5.26 Å². The monoisotopic (exact) mass is 401 g/mol. The predicted octanol–water partition coefficient (Wildman–Crippen LogP) is 1.28. The standard InChI is InChI=1S/C18H23N7O2S/c1-24(2)17-21-16(22-18(23-17)25-10-6-3-7-11-25)13-20-28(26,27)15-9-5-4-8-14(15)12-19/h4-5,8-9,20H,3,6-7,10-11,13H2,1-2H3. The third-order valence-corrected chi connectivity index (χ3v) is 5.87. The largest absolute Gasteiger partial charge is 0.347 e. The van der Waals surface area contributed by atoms with Gasteiger partial charge in [-0.05, 0) is 31.4 Å². The van der Waals surface area contributed by atoms with E-state index < -0.39 is 10.0 Å². The second-order valence-corrected chi connectivity index (χ2v) is 8.46. The SMILES string of the molecule is CN(C)c1nc(CNS(=O)(=O)c2ccccc2C#N)nc(N2CCCCC2)n1. The molecule has 2 heterocycles. The van der Waals surface area contributed by atoms with Gasteiger partial charge in [0.15, 0.2) is 5.82 Å². The molecule has 1 saturated heterocycles. The first-order chi connectivity index (χ1) is 13.4. The number of rotatable bonds is 6. The fourth-order valence-corrected chi connectivity index (χ4v) is 4.08. The summed E-state index contributed by atoms with van der Waals surface area (Å²) < 4.78 is 27.8. The maximum absolute atomic E-state index is 12.6. The molecule has 1 fully saturated rings. The fraction of sp³-hybridized carbons (Fsp3) is 0.444. The summed E-state index contributed by atoms with van der Waals surface area (Å²) in [6.45, 7) is 1.65. The molecule has 0 radical (unpaired) electrons. The first kappa shape index (κ1) is 20.0. The molecule has 1 aliphatic rings. The Bertz CT molecular complexity index is 980. The van der Waals surface area contributed by atoms with Crippen LogP contribution in [0.3, 0.4) is 0 Å². The van der Waals surface area contributed by atoms with Crippen LogP contribution in [0.25, 0.3) is 0 Å². The Morgan fingerprint density at radius 3 is 2.54 bits per heavy atom. The molecule has 1 N–H and O–H groups in total. The number of benzene rings is 1. The summed E-state index contributed by atoms with van der Waals surface area (Å²) in [6.07, 6.45) is 3.35. The van der Waals surface area contributed by atoms with Crippen molar-refractivity contribution in [2.75, 3.05) is 37.0 Å². The summed E-state index contributed by atoms with van der Waals surface area (Å²) in [6, 6.07) is 7.98. The Morgan fingerprint density at radius 2 is 1.86 bits per heavy atom. The van der Waals surface area contributed by atoms with Crippen molar-refractivity contribution in [2.24, 2.45) is 0 Å². The average Bonchev–Trinajstić information content (AvgIpc) is 2.72. The van der Waals surface area contributed by atoms with Crippen LogP contribution in [0.1, 0.15) is 30.7 Å². The number of nitriles is 1. The number of hydrogen-bond donors (Lipinski definition) is 1. The first-order valence-corrected chi connectivity index (χ1v) is 10.5. The van der Waals surface area contributed by atoms with E-state index in [0.717, 1.165) is 25.9 Å². The molecule has 28 heavy (non-hydrogen) atoms. The van der Waals surface area contributed by atoms with E-state index in [1.807, 2.05) is 20.2 Å². The number of nitrogens with zero attached hydrogens (tertiary/aromatic N) is 6. The van der Waals surface area contributed by atoms with Gasteiger partial charge in [-0.1, -0.05) is 12.1 Å². The van der Waals surface area contributed by atoms with Crippen LogP contribution in [0.4, 0.5) is 11.9 Å². The van der Waals surface area contributed by atoms with Gasteiger partial charge in [-0.25, -0.2) is 13.1 Å². The van der Waals surface area contributed by atoms with E-state index in [9.17, 15) is 8.42 Å². The topological polar surface area (TPSA) is 115 Å². The Morgan fingerprint density at radius 1 is 1.14 bits per heavy atom. The molecule has 0 atom stereocenters. The molecular formula is C18H23N7O2S. The molecule has 0 saturated carbocycles. The first-order valence-electron chi connectivity index (χ1n) is 9.07. The van der Waals surface area contributed by atoms with Gasteiger partial charge in [0.05, 0.1) is 17.0 Å². The number of sulfonamides is 1. The normalized spacial score (nSPS) is 14.5. The zero-order valence-corrected chi connectivity index (χ0v) is 16.8. The van der Waals surface area contributed by atoms with Crippen LogP contribution in [0.5, 0.6) is 0 Å². The van der Waals surface area contributed by atoms with Crippen LogP contribution in [-0.4, -0.2) is 50.6 Å². The molecule has 10 heteroatoms. The highest BCUT2D eigenvalue weighted by Gasteiger charge is 2.20. The van der Waals surface area contributed by atoms with Gasteiger partial charge in [0.25, 0.3) is 0 Å². The van der Waals surface area contributed by atoms with Crippen molar-refractivity contribution in [3.05, 3.63) is 35.7 Å². The average molecular weight is 401 g/mol. The lowest BCUT2D eigenvalue weighted by Gasteiger charge is -2.27. The van der Waals surface area contributed by atoms with Crippen molar-refractivity contribution in [1.82, 2.24) is 19.7 Å². The molecule has 1 aromatic heterocycles. The summed E-state index contributed by atoms with van der Waals surface area (Å²) in [7, 11) is -0.221. The minimum Gasteiger partial charge on any atom is -0.347 e. The van der Waals surface area contributed by atoms with Crippen molar-refractivity contribution in [3.63, 3.8) is 0 Å². The Hall–Kier alpha value is -2.77. The van der Waals surface area contributed by atoms with E-state index >= 15 is 0 Å². The maximum atomic E-state index is 12.6. The molecule has 0 spiro atoms. The van der Waals surface area contributed by atoms with Crippen LogP contribution in [0.15, 0.2) is 29.2 Å². The van der Waals surface area contributed by atoms with Crippen molar-refractivity contribution in [2.45, 2.75) is 30.7 Å². The molecule has 0 unspecified atom stereocenters. The van der Waals surface area contributed by atoms with Gasteiger partial charge >= 0.3 is 0 Å². The fourth-order valence-electron chi connectivity index (χ4n) is 2.94. The van der Waals surface area contributed by atoms with Gasteiger partial charge in [-0.3, -0.25) is 0 Å². The highest BCUT2D eigenvalue weighted by Crippen LogP contribution is 2.19. The molecule has 3 rings (SSSR count). The lowest BCUT2D eigenvalue weighted by Crippen LogP contribution is -2.33. The predicted molar refractivity (Wildman–Crippen MR) is 105 cm³/mol. The molecule has 148 valence electrons. The number of nitrogens with one attached hydrogen (secondary N) is 1. The summed E-state index contributed by atoms with van der Waals surface area (Å²) in [4.78, 5) is 17.1. The molecular weight excluding hydrogens is 378 g/mol. The van der Waals surface area contributed by atoms with Crippen LogP contribution in [-0.2, 0) is 16.6 Å². The molecule has 2 aromatic rings. The Balaban J connectivity index is 1.85. The van der Waals surface area contributed by atoms with Crippen molar-refractivity contribution < 1.29 is 8.42 Å². The third kappa shape index (κ3) is 4.55. The van der Waals surface area contributed by atoms with Gasteiger partial charge in [0.2, 0.25) is 21.9 Å². The summed E-state index contributed by atoms with van der Waals surface area (Å²) in [5.74, 6) is 1.37. The number of piperidine rings is 1. The zero-order valence-electron chi connectivity index (χ0n) is 16.0. The number of aromatic nitrogens is 3. The quantitative estimate of drug-likeness (QED) is 0.770. The van der Waals surface area contributed by atoms with E-state index in [4.69, 9.17) is 5.26 Å². The molecule has 1 aromatic carbocycles. The molecule has 1 aliphatic heterocycles. The zero-order chi connectivity index (χ0) is 20.1. The molecule has 0 aliphatic carbocycles. The second kappa shape index (κ2) is 8.50. The van der Waals surface area contributed by atoms with Gasteiger partial charge in [0, 0.05) is 27.2 Å². The Kier molecular flexibility index (Phi) is 6.06. The molecule has 0 bridgehead atoms. The van der Waals surface area contributed by atoms with Crippen LogP contribution in [0.2, 0.25) is 0 Å². The van der Waals surface area contributed by atoms with E-state index in [1.54, 1.807) is 17.0 Å². The van der Waals surface area contributed by atoms with E-state index in [-0.39, 0.29) is 17.0 Å². The van der Waals surface area contributed by atoms with Gasteiger partial charge in [-0.2, -0.15) is 20.2 Å². The van der Waals surface area contributed by atoms with E-state index in [0.29, 0.717) is 17.7 Å². The maximum Gasteiger partial charge on any atom is 0.242 e. The summed E-state index contributed by atoms with van der Waals surface area (Å²) in [5, 5.41) is 9.16. The summed E-state index contributed by atoms with van der Waals surface area (Å²) >= 11 is 0. The van der Waals surface area contributed by atoms with Crippen LogP contribution >= 0.6 is 0 Å². The number of anilines is 2. The lowest BCUT2D eigenvalue weighted by atomic mass is 10.1. The lowest BCUT2D eigenvalue weighted by molar-refractivity contribution is 0.563. The van der Waals surface area contributed by atoms with Gasteiger partial charge < -0.3 is 9.80 Å². The van der Waals surface area contributed by atoms with E-state index in [1.165, 1.54) is 18.6 Å². The summed E-state index contributed by atoms with van der Waals surface area (Å²) in [5.41, 5.74) is 0.0913. The van der Waals surface area contributed by atoms with E-state index in [2.05, 4.69) is 24.6 Å². The minimum atomic E-state index is -3.87. The number of hydrogen-bond acceptors (Lipinski definition) is 8. The van der Waals surface area contributed by atoms with Crippen molar-refractivity contribution >= 4 is 21.9 Å². The van der Waals surface area contributed by atoms with Crippen LogP contribution in [0, 0.1) is 11.3 Å². The minimum absolute atomic E-state index is 0.0596. The smallest absolute Gasteiger partial charge is 0.242 e. The third-order valence-electron chi connectivity index (χ3n) is 4.41. The Labute approximate surface area is 165 Å².